The molecule has 4 heterocycles. The van der Waals surface area contributed by atoms with Gasteiger partial charge in [-0.1, -0.05) is 4.68 Å². The van der Waals surface area contributed by atoms with Gasteiger partial charge in [-0.3, -0.25) is 9.32 Å². The fourth-order valence-electron chi connectivity index (χ4n) is 3.61. The normalized spacial score (nSPS) is 12.5. The van der Waals surface area contributed by atoms with E-state index >= 15 is 0 Å². The number of hydrogen-bond acceptors (Lipinski definition) is 10. The van der Waals surface area contributed by atoms with E-state index in [4.69, 9.17) is 25.5 Å². The highest BCUT2D eigenvalue weighted by atomic mass is 32.1. The van der Waals surface area contributed by atoms with E-state index in [2.05, 4.69) is 15.6 Å². The molecule has 1 aliphatic heterocycles. The van der Waals surface area contributed by atoms with E-state index in [1.807, 2.05) is 6.07 Å². The number of pyridine rings is 1. The monoisotopic (exact) mass is 466 g/mol. The lowest BCUT2D eigenvalue weighted by molar-refractivity contribution is -0.730. The Balaban J connectivity index is 1.63. The summed E-state index contributed by atoms with van der Waals surface area (Å²) in [6.07, 6.45) is 0. The summed E-state index contributed by atoms with van der Waals surface area (Å²) in [7, 11) is 1.53. The van der Waals surface area contributed by atoms with Crippen LogP contribution in [-0.2, 0) is 7.05 Å². The number of rotatable bonds is 3. The SMILES string of the molecule is C[n+]1[nH]oc(=O)c1-c1c(C#N)c(N)nc2sc(C(=O)Nc3ccc4c(c3)OCCO4)c(N)c12. The van der Waals surface area contributed by atoms with Gasteiger partial charge in [0.1, 0.15) is 40.4 Å². The zero-order chi connectivity index (χ0) is 23.3. The smallest absolute Gasteiger partial charge is 0.435 e. The molecule has 0 spiro atoms. The van der Waals surface area contributed by atoms with Crippen molar-refractivity contribution in [2.24, 2.45) is 7.05 Å². The number of nitrogens with two attached hydrogens (primary N) is 2. The molecule has 0 atom stereocenters. The first kappa shape index (κ1) is 20.3. The summed E-state index contributed by atoms with van der Waals surface area (Å²) in [6.45, 7) is 0.868. The summed E-state index contributed by atoms with van der Waals surface area (Å²) in [5.74, 6) is 0.513. The molecule has 4 aromatic rings. The molecule has 0 unspecified atom stereocenters. The van der Waals surface area contributed by atoms with E-state index in [-0.39, 0.29) is 38.6 Å². The summed E-state index contributed by atoms with van der Waals surface area (Å²) < 4.78 is 17.2. The number of aromatic nitrogens is 3. The van der Waals surface area contributed by atoms with Crippen LogP contribution in [0, 0.1) is 11.3 Å². The first-order valence-electron chi connectivity index (χ1n) is 9.59. The van der Waals surface area contributed by atoms with Gasteiger partial charge in [-0.2, -0.15) is 5.26 Å². The number of ether oxygens (including phenoxy) is 2. The maximum absolute atomic E-state index is 13.1. The van der Waals surface area contributed by atoms with Crippen molar-refractivity contribution in [1.82, 2.24) is 10.3 Å². The maximum atomic E-state index is 13.1. The third-order valence-corrected chi connectivity index (χ3v) is 6.16. The third-order valence-electron chi connectivity index (χ3n) is 5.06. The number of fused-ring (bicyclic) bond motifs is 2. The number of aryl methyl sites for hydroxylation is 1. The minimum Gasteiger partial charge on any atom is -0.486 e. The topological polar surface area (TPSA) is 186 Å². The molecule has 0 saturated carbocycles. The van der Waals surface area contributed by atoms with Crippen LogP contribution in [-0.4, -0.2) is 29.4 Å². The Labute approximate surface area is 188 Å². The molecule has 3 aromatic heterocycles. The van der Waals surface area contributed by atoms with Gasteiger partial charge in [0.2, 0.25) is 0 Å². The molecule has 166 valence electrons. The van der Waals surface area contributed by atoms with Crippen LogP contribution in [0.1, 0.15) is 15.2 Å². The Morgan fingerprint density at radius 2 is 2.06 bits per heavy atom. The van der Waals surface area contributed by atoms with Crippen molar-refractivity contribution < 1.29 is 23.5 Å². The van der Waals surface area contributed by atoms with Crippen LogP contribution in [0.25, 0.3) is 21.5 Å². The van der Waals surface area contributed by atoms with E-state index in [9.17, 15) is 14.9 Å². The quantitative estimate of drug-likeness (QED) is 0.321. The highest BCUT2D eigenvalue weighted by Crippen LogP contribution is 2.41. The number of anilines is 3. The number of carbonyl (C=O) groups excluding carboxylic acids is 1. The second-order valence-corrected chi connectivity index (χ2v) is 8.08. The van der Waals surface area contributed by atoms with Gasteiger partial charge in [-0.25, -0.2) is 9.78 Å². The van der Waals surface area contributed by atoms with E-state index in [0.717, 1.165) is 11.3 Å². The Hall–Kier alpha value is -4.57. The molecule has 5 rings (SSSR count). The van der Waals surface area contributed by atoms with Crippen LogP contribution < -0.4 is 36.6 Å². The highest BCUT2D eigenvalue weighted by Gasteiger charge is 2.32. The molecule has 1 aliphatic rings. The Morgan fingerprint density at radius 3 is 2.76 bits per heavy atom. The van der Waals surface area contributed by atoms with Gasteiger partial charge >= 0.3 is 11.3 Å². The third kappa shape index (κ3) is 3.20. The van der Waals surface area contributed by atoms with Crippen molar-refractivity contribution in [1.29, 1.82) is 5.26 Å². The first-order valence-corrected chi connectivity index (χ1v) is 10.4. The average molecular weight is 466 g/mol. The summed E-state index contributed by atoms with van der Waals surface area (Å²) in [5, 5.41) is 15.1. The van der Waals surface area contributed by atoms with Crippen molar-refractivity contribution in [3.63, 3.8) is 0 Å². The number of thiophene rings is 1. The fourth-order valence-corrected chi connectivity index (χ4v) is 4.62. The van der Waals surface area contributed by atoms with Crippen molar-refractivity contribution in [3.8, 4) is 28.8 Å². The first-order chi connectivity index (χ1) is 15.9. The number of benzene rings is 1. The van der Waals surface area contributed by atoms with Crippen molar-refractivity contribution in [2.45, 2.75) is 0 Å². The number of nitrogen functional groups attached to an aromatic ring is 2. The number of aromatic amines is 1. The fraction of sp³-hybridized carbons (Fsp3) is 0.150. The Kier molecular flexibility index (Phi) is 4.64. The summed E-state index contributed by atoms with van der Waals surface area (Å²) in [4.78, 5) is 30.1. The van der Waals surface area contributed by atoms with Crippen LogP contribution >= 0.6 is 11.3 Å². The average Bonchev–Trinajstić information content (AvgIpc) is 3.31. The van der Waals surface area contributed by atoms with Crippen molar-refractivity contribution in [3.05, 3.63) is 39.1 Å². The molecular formula is C20H16N7O5S+. The molecule has 0 saturated heterocycles. The summed E-state index contributed by atoms with van der Waals surface area (Å²) in [5.41, 5.74) is 12.3. The van der Waals surface area contributed by atoms with Crippen molar-refractivity contribution >= 4 is 44.7 Å². The number of nitrogens with one attached hydrogen (secondary N) is 2. The molecule has 13 heteroatoms. The molecule has 1 amide bonds. The van der Waals surface area contributed by atoms with Crippen LogP contribution in [0.15, 0.2) is 27.5 Å². The largest absolute Gasteiger partial charge is 0.486 e. The molecule has 12 nitrogen and oxygen atoms in total. The van der Waals surface area contributed by atoms with E-state index in [1.165, 1.54) is 11.7 Å². The van der Waals surface area contributed by atoms with E-state index in [1.54, 1.807) is 18.2 Å². The molecule has 0 bridgehead atoms. The number of H-pyrrole nitrogens is 1. The molecular weight excluding hydrogens is 450 g/mol. The van der Waals surface area contributed by atoms with Gasteiger partial charge in [-0.15, -0.1) is 11.3 Å². The number of nitrogens with zero attached hydrogens (tertiary/aromatic N) is 3. The van der Waals surface area contributed by atoms with Gasteiger partial charge in [0, 0.05) is 11.8 Å². The minimum atomic E-state index is -0.728. The second-order valence-electron chi connectivity index (χ2n) is 7.08. The van der Waals surface area contributed by atoms with E-state index < -0.39 is 11.5 Å². The van der Waals surface area contributed by atoms with Crippen LogP contribution in [0.3, 0.4) is 0 Å². The minimum absolute atomic E-state index is 0.0222. The molecule has 0 radical (unpaired) electrons. The molecule has 0 fully saturated rings. The van der Waals surface area contributed by atoms with Crippen LogP contribution in [0.2, 0.25) is 0 Å². The lowest BCUT2D eigenvalue weighted by Gasteiger charge is -2.18. The van der Waals surface area contributed by atoms with Gasteiger partial charge in [0.15, 0.2) is 18.5 Å². The van der Waals surface area contributed by atoms with Crippen molar-refractivity contribution in [2.75, 3.05) is 30.0 Å². The van der Waals surface area contributed by atoms with Crippen LogP contribution in [0.4, 0.5) is 17.2 Å². The zero-order valence-corrected chi connectivity index (χ0v) is 17.9. The molecule has 6 N–H and O–H groups in total. The summed E-state index contributed by atoms with van der Waals surface area (Å²) in [6, 6.07) is 6.98. The van der Waals surface area contributed by atoms with Crippen LogP contribution in [0.5, 0.6) is 11.5 Å². The van der Waals surface area contributed by atoms with Gasteiger partial charge in [-0.05, 0) is 17.4 Å². The predicted octanol–water partition coefficient (Wildman–Crippen LogP) is 1.13. The highest BCUT2D eigenvalue weighted by molar-refractivity contribution is 7.21. The predicted molar refractivity (Wildman–Crippen MR) is 118 cm³/mol. The number of amides is 1. The lowest BCUT2D eigenvalue weighted by atomic mass is 10.0. The van der Waals surface area contributed by atoms with Gasteiger partial charge in [0.05, 0.1) is 16.6 Å². The Bertz CT molecular complexity index is 1550. The molecule has 33 heavy (non-hydrogen) atoms. The number of hydrogen-bond donors (Lipinski definition) is 4. The number of nitriles is 1. The second kappa shape index (κ2) is 7.53. The molecule has 0 aliphatic carbocycles. The summed E-state index contributed by atoms with van der Waals surface area (Å²) >= 11 is 0.991. The lowest BCUT2D eigenvalue weighted by Crippen LogP contribution is -2.34. The number of carbonyl (C=O) groups is 1. The van der Waals surface area contributed by atoms with Gasteiger partial charge in [0.25, 0.3) is 5.91 Å². The van der Waals surface area contributed by atoms with E-state index in [0.29, 0.717) is 35.2 Å². The van der Waals surface area contributed by atoms with Gasteiger partial charge < -0.3 is 26.3 Å². The Morgan fingerprint density at radius 1 is 1.30 bits per heavy atom. The standard InChI is InChI=1S/C20H15N7O5S/c1-27-15(20(29)32-26-27)12-9(7-21)17(23)25-19-13(12)14(22)16(33-19)18(28)24-8-2-3-10-11(6-8)31-5-4-30-10/h2-3,6H,4-5H2,1H3,(H5-,22,23,24,25,26,28,29)/p+1. The zero-order valence-electron chi connectivity index (χ0n) is 17.1. The molecule has 1 aromatic carbocycles. The maximum Gasteiger partial charge on any atom is 0.435 e.